The lowest BCUT2D eigenvalue weighted by molar-refractivity contribution is 0.445. The van der Waals surface area contributed by atoms with E-state index in [2.05, 4.69) is 35.0 Å². The zero-order valence-corrected chi connectivity index (χ0v) is 16.0. The van der Waals surface area contributed by atoms with Crippen LogP contribution in [0.1, 0.15) is 0 Å². The number of hydrogen-bond acceptors (Lipinski definition) is 4. The lowest BCUT2D eigenvalue weighted by atomic mass is 9.78. The third-order valence-electron chi connectivity index (χ3n) is 4.45. The molecule has 0 saturated heterocycles. The Morgan fingerprint density at radius 3 is 1.67 bits per heavy atom. The summed E-state index contributed by atoms with van der Waals surface area (Å²) < 4.78 is 15.2. The molecule has 0 fully saturated rings. The fraction of sp³-hybridized carbons (Fsp3) is 0. The van der Waals surface area contributed by atoms with Gasteiger partial charge in [0.25, 0.3) is 0 Å². The van der Waals surface area contributed by atoms with Crippen LogP contribution in [0, 0.1) is 0 Å². The van der Waals surface area contributed by atoms with Gasteiger partial charge < -0.3 is 9.31 Å². The average molecular weight is 386 g/mol. The molecule has 0 aliphatic carbocycles. The monoisotopic (exact) mass is 386 g/mol. The molecule has 5 heteroatoms. The molecule has 2 aromatic heterocycles. The second-order valence-corrected chi connectivity index (χ2v) is 8.05. The predicted octanol–water partition coefficient (Wildman–Crippen LogP) is 5.97. The highest BCUT2D eigenvalue weighted by molar-refractivity contribution is 7.17. The summed E-state index contributed by atoms with van der Waals surface area (Å²) in [4.78, 5) is 0. The third kappa shape index (κ3) is 3.20. The highest BCUT2D eigenvalue weighted by atomic mass is 32.1. The Bertz CT molecular complexity index is 1120. The molecule has 27 heavy (non-hydrogen) atoms. The van der Waals surface area contributed by atoms with Gasteiger partial charge in [0.15, 0.2) is 0 Å². The van der Waals surface area contributed by atoms with Gasteiger partial charge in [0.2, 0.25) is 0 Å². The summed E-state index contributed by atoms with van der Waals surface area (Å²) in [6, 6.07) is 26.5. The van der Waals surface area contributed by atoms with E-state index in [0.29, 0.717) is 0 Å². The molecule has 0 amide bonds. The van der Waals surface area contributed by atoms with Crippen molar-refractivity contribution in [1.29, 1.82) is 0 Å². The Hall–Kier alpha value is -2.76. The van der Waals surface area contributed by atoms with Crippen LogP contribution >= 0.6 is 22.7 Å². The van der Waals surface area contributed by atoms with E-state index >= 15 is 0 Å². The summed E-state index contributed by atoms with van der Waals surface area (Å²) in [7, 11) is -0.526. The number of hydrogen-bond donors (Lipinski definition) is 0. The van der Waals surface area contributed by atoms with Gasteiger partial charge in [-0.3, -0.25) is 0 Å². The van der Waals surface area contributed by atoms with E-state index in [0.717, 1.165) is 27.7 Å². The van der Waals surface area contributed by atoms with Crippen LogP contribution < -0.4 is 14.8 Å². The first-order chi connectivity index (χ1) is 13.4. The molecule has 5 rings (SSSR count). The van der Waals surface area contributed by atoms with Crippen LogP contribution in [0.15, 0.2) is 89.6 Å². The van der Waals surface area contributed by atoms with Gasteiger partial charge in [-0.2, -0.15) is 0 Å². The summed E-state index contributed by atoms with van der Waals surface area (Å²) in [5, 5.41) is 6.39. The Kier molecular flexibility index (Phi) is 4.32. The van der Waals surface area contributed by atoms with E-state index in [1.807, 2.05) is 54.6 Å². The first-order valence-corrected chi connectivity index (χ1v) is 10.5. The van der Waals surface area contributed by atoms with Gasteiger partial charge in [-0.15, -0.1) is 22.7 Å². The van der Waals surface area contributed by atoms with E-state index in [1.165, 1.54) is 9.40 Å². The second-order valence-electron chi connectivity index (χ2n) is 6.16. The first kappa shape index (κ1) is 16.4. The van der Waals surface area contributed by atoms with E-state index in [-0.39, 0.29) is 0 Å². The number of benzene rings is 3. The smallest absolute Gasteiger partial charge is 0.521 e. The molecule has 2 heterocycles. The van der Waals surface area contributed by atoms with Crippen molar-refractivity contribution in [3.63, 3.8) is 0 Å². The van der Waals surface area contributed by atoms with Crippen LogP contribution in [0.2, 0.25) is 0 Å². The van der Waals surface area contributed by atoms with Gasteiger partial charge >= 0.3 is 7.12 Å². The summed E-state index contributed by atoms with van der Waals surface area (Å²) >= 11 is 3.42. The normalized spacial score (nSPS) is 11.0. The molecule has 0 N–H and O–H groups in total. The zero-order valence-electron chi connectivity index (χ0n) is 14.4. The highest BCUT2D eigenvalue weighted by Crippen LogP contribution is 2.32. The molecule has 0 aliphatic rings. The molecule has 130 valence electrons. The third-order valence-corrected chi connectivity index (χ3v) is 6.22. The SMILES string of the molecule is c1ccc(B(Oc2cccc3sccc23)Oc2cccc3sccc23)cc1. The maximum Gasteiger partial charge on any atom is 0.632 e. The zero-order chi connectivity index (χ0) is 18.1. The topological polar surface area (TPSA) is 18.5 Å². The van der Waals surface area contributed by atoms with Gasteiger partial charge in [0.1, 0.15) is 11.5 Å². The summed E-state index contributed by atoms with van der Waals surface area (Å²) in [5.74, 6) is 1.67. The fourth-order valence-corrected chi connectivity index (χ4v) is 4.75. The molecule has 0 spiro atoms. The van der Waals surface area contributed by atoms with Crippen LogP contribution in [0.3, 0.4) is 0 Å². The van der Waals surface area contributed by atoms with Gasteiger partial charge in [0.05, 0.1) is 0 Å². The van der Waals surface area contributed by atoms with Crippen molar-refractivity contribution in [2.24, 2.45) is 0 Å². The molecule has 0 aliphatic heterocycles. The average Bonchev–Trinajstić information content (AvgIpc) is 3.38. The maximum atomic E-state index is 6.39. The standard InChI is InChI=1S/C22H15BO2S2/c1-2-6-16(7-3-1)23(24-19-8-4-10-21-17(19)12-14-26-21)25-20-9-5-11-22-18(20)13-15-27-22/h1-15H. The van der Waals surface area contributed by atoms with Crippen molar-refractivity contribution in [3.8, 4) is 11.5 Å². The molecule has 0 unspecified atom stereocenters. The molecule has 5 aromatic rings. The summed E-state index contributed by atoms with van der Waals surface area (Å²) in [6.45, 7) is 0. The highest BCUT2D eigenvalue weighted by Gasteiger charge is 2.27. The minimum Gasteiger partial charge on any atom is -0.521 e. The Labute approximate surface area is 165 Å². The summed E-state index contributed by atoms with van der Waals surface area (Å²) in [5.41, 5.74) is 0.983. The number of fused-ring (bicyclic) bond motifs is 2. The quantitative estimate of drug-likeness (QED) is 0.347. The van der Waals surface area contributed by atoms with Gasteiger partial charge in [0, 0.05) is 25.6 Å². The molecular formula is C22H15BO2S2. The Balaban J connectivity index is 1.55. The summed E-state index contributed by atoms with van der Waals surface area (Å²) in [6.07, 6.45) is 0. The van der Waals surface area contributed by atoms with Crippen LogP contribution in [0.25, 0.3) is 20.2 Å². The molecule has 0 saturated carbocycles. The lowest BCUT2D eigenvalue weighted by Crippen LogP contribution is -2.42. The largest absolute Gasteiger partial charge is 0.632 e. The van der Waals surface area contributed by atoms with Crippen LogP contribution in [-0.4, -0.2) is 7.12 Å². The van der Waals surface area contributed by atoms with Crippen molar-refractivity contribution < 1.29 is 9.31 Å². The van der Waals surface area contributed by atoms with Crippen LogP contribution in [-0.2, 0) is 0 Å². The minimum atomic E-state index is -0.526. The predicted molar refractivity (Wildman–Crippen MR) is 117 cm³/mol. The number of thiophene rings is 2. The van der Waals surface area contributed by atoms with E-state index in [9.17, 15) is 0 Å². The van der Waals surface area contributed by atoms with Gasteiger partial charge in [-0.1, -0.05) is 42.5 Å². The number of rotatable bonds is 5. The fourth-order valence-electron chi connectivity index (χ4n) is 3.14. The van der Waals surface area contributed by atoms with Crippen molar-refractivity contribution in [3.05, 3.63) is 89.6 Å². The van der Waals surface area contributed by atoms with Crippen molar-refractivity contribution in [1.82, 2.24) is 0 Å². The second kappa shape index (κ2) is 7.10. The Morgan fingerprint density at radius 2 is 1.11 bits per heavy atom. The molecule has 0 radical (unpaired) electrons. The van der Waals surface area contributed by atoms with Crippen LogP contribution in [0.4, 0.5) is 0 Å². The molecular weight excluding hydrogens is 371 g/mol. The van der Waals surface area contributed by atoms with Crippen LogP contribution in [0.5, 0.6) is 11.5 Å². The lowest BCUT2D eigenvalue weighted by Gasteiger charge is -2.18. The first-order valence-electron chi connectivity index (χ1n) is 8.69. The molecule has 3 aromatic carbocycles. The van der Waals surface area contributed by atoms with Crippen molar-refractivity contribution in [2.75, 3.05) is 0 Å². The van der Waals surface area contributed by atoms with Crippen molar-refractivity contribution >= 4 is 55.4 Å². The van der Waals surface area contributed by atoms with Gasteiger partial charge in [-0.05, 0) is 47.2 Å². The minimum absolute atomic E-state index is 0.526. The van der Waals surface area contributed by atoms with Crippen molar-refractivity contribution in [2.45, 2.75) is 0 Å². The van der Waals surface area contributed by atoms with E-state index in [1.54, 1.807) is 22.7 Å². The maximum absolute atomic E-state index is 6.39. The molecule has 2 nitrogen and oxygen atoms in total. The molecule has 0 atom stereocenters. The van der Waals surface area contributed by atoms with E-state index in [4.69, 9.17) is 9.31 Å². The van der Waals surface area contributed by atoms with Gasteiger partial charge in [-0.25, -0.2) is 0 Å². The van der Waals surface area contributed by atoms with E-state index < -0.39 is 7.12 Å². The Morgan fingerprint density at radius 1 is 0.556 bits per heavy atom. The molecule has 0 bridgehead atoms.